The van der Waals surface area contributed by atoms with Gasteiger partial charge in [-0.2, -0.15) is 0 Å². The molecule has 0 aromatic heterocycles. The van der Waals surface area contributed by atoms with Crippen LogP contribution in [0.3, 0.4) is 0 Å². The Bertz CT molecular complexity index is 502. The summed E-state index contributed by atoms with van der Waals surface area (Å²) in [6, 6.07) is 5.93. The van der Waals surface area contributed by atoms with E-state index in [9.17, 15) is 14.3 Å². The molecule has 1 heterocycles. The Hall–Kier alpha value is -1.62. The van der Waals surface area contributed by atoms with Crippen molar-refractivity contribution in [3.8, 4) is 0 Å². The third-order valence-electron chi connectivity index (χ3n) is 3.85. The number of amides is 1. The fourth-order valence-electron chi connectivity index (χ4n) is 2.66. The van der Waals surface area contributed by atoms with Crippen molar-refractivity contribution in [2.24, 2.45) is 5.92 Å². The molecule has 1 aliphatic rings. The number of hydrogen-bond donors (Lipinski definition) is 1. The molecule has 5 heteroatoms. The van der Waals surface area contributed by atoms with Gasteiger partial charge >= 0.3 is 6.09 Å². The fourth-order valence-corrected chi connectivity index (χ4v) is 2.66. The average molecular weight is 309 g/mol. The minimum absolute atomic E-state index is 0.0733. The Labute approximate surface area is 130 Å². The minimum Gasteiger partial charge on any atom is -0.444 e. The lowest BCUT2D eigenvalue weighted by Gasteiger charge is -2.35. The molecular weight excluding hydrogens is 285 g/mol. The van der Waals surface area contributed by atoms with E-state index < -0.39 is 11.7 Å². The average Bonchev–Trinajstić information content (AvgIpc) is 2.46. The van der Waals surface area contributed by atoms with Gasteiger partial charge in [0.05, 0.1) is 6.10 Å². The van der Waals surface area contributed by atoms with E-state index in [-0.39, 0.29) is 17.8 Å². The van der Waals surface area contributed by atoms with Crippen LogP contribution in [0.5, 0.6) is 0 Å². The van der Waals surface area contributed by atoms with Crippen molar-refractivity contribution in [2.45, 2.75) is 45.3 Å². The number of aliphatic hydroxyl groups excluding tert-OH is 1. The van der Waals surface area contributed by atoms with Crippen LogP contribution < -0.4 is 0 Å². The summed E-state index contributed by atoms with van der Waals surface area (Å²) in [7, 11) is 0. The number of carbonyl (C=O) groups is 1. The lowest BCUT2D eigenvalue weighted by molar-refractivity contribution is 0.00766. The smallest absolute Gasteiger partial charge is 0.410 e. The van der Waals surface area contributed by atoms with Crippen molar-refractivity contribution >= 4 is 6.09 Å². The number of rotatable bonds is 2. The number of likely N-dealkylation sites (tertiary alicyclic amines) is 1. The van der Waals surface area contributed by atoms with E-state index in [2.05, 4.69) is 0 Å². The highest BCUT2D eigenvalue weighted by Gasteiger charge is 2.30. The van der Waals surface area contributed by atoms with Crippen LogP contribution in [0.15, 0.2) is 24.3 Å². The molecule has 1 atom stereocenters. The number of piperidine rings is 1. The second-order valence-corrected chi connectivity index (χ2v) is 6.80. The maximum absolute atomic E-state index is 12.9. The zero-order valence-electron chi connectivity index (χ0n) is 13.4. The van der Waals surface area contributed by atoms with Gasteiger partial charge in [0, 0.05) is 13.1 Å². The second-order valence-electron chi connectivity index (χ2n) is 6.80. The first-order valence-corrected chi connectivity index (χ1v) is 7.68. The maximum Gasteiger partial charge on any atom is 0.410 e. The van der Waals surface area contributed by atoms with Crippen LogP contribution in [0.2, 0.25) is 0 Å². The summed E-state index contributed by atoms with van der Waals surface area (Å²) < 4.78 is 18.3. The van der Waals surface area contributed by atoms with Gasteiger partial charge in [-0.1, -0.05) is 12.1 Å². The third kappa shape index (κ3) is 4.44. The number of benzene rings is 1. The van der Waals surface area contributed by atoms with Crippen LogP contribution in [0.4, 0.5) is 9.18 Å². The summed E-state index contributed by atoms with van der Waals surface area (Å²) in [4.78, 5) is 13.7. The van der Waals surface area contributed by atoms with Crippen LogP contribution in [0.25, 0.3) is 0 Å². The molecule has 1 aromatic carbocycles. The molecule has 1 saturated heterocycles. The third-order valence-corrected chi connectivity index (χ3v) is 3.85. The zero-order chi connectivity index (χ0) is 16.3. The summed E-state index contributed by atoms with van der Waals surface area (Å²) >= 11 is 0. The van der Waals surface area contributed by atoms with Crippen LogP contribution >= 0.6 is 0 Å². The lowest BCUT2D eigenvalue weighted by atomic mass is 9.87. The summed E-state index contributed by atoms with van der Waals surface area (Å²) in [5, 5.41) is 10.4. The monoisotopic (exact) mass is 309 g/mol. The van der Waals surface area contributed by atoms with Gasteiger partial charge < -0.3 is 14.7 Å². The van der Waals surface area contributed by atoms with Gasteiger partial charge in [0.2, 0.25) is 0 Å². The molecule has 0 aliphatic carbocycles. The number of halogens is 1. The van der Waals surface area contributed by atoms with E-state index in [0.717, 1.165) is 5.56 Å². The Kier molecular flexibility index (Phi) is 5.06. The van der Waals surface area contributed by atoms with Crippen LogP contribution in [0.1, 0.15) is 45.3 Å². The van der Waals surface area contributed by atoms with Crippen LogP contribution in [-0.4, -0.2) is 34.8 Å². The first-order chi connectivity index (χ1) is 10.3. The summed E-state index contributed by atoms with van der Waals surface area (Å²) in [5.74, 6) is -0.236. The molecule has 2 rings (SSSR count). The van der Waals surface area contributed by atoms with Crippen molar-refractivity contribution in [1.29, 1.82) is 0 Å². The van der Waals surface area contributed by atoms with E-state index >= 15 is 0 Å². The molecule has 4 nitrogen and oxygen atoms in total. The molecule has 0 saturated carbocycles. The second kappa shape index (κ2) is 6.65. The molecule has 1 fully saturated rings. The first kappa shape index (κ1) is 16.7. The highest BCUT2D eigenvalue weighted by molar-refractivity contribution is 5.68. The molecule has 1 N–H and O–H groups in total. The quantitative estimate of drug-likeness (QED) is 0.909. The van der Waals surface area contributed by atoms with Gasteiger partial charge in [-0.15, -0.1) is 0 Å². The van der Waals surface area contributed by atoms with E-state index in [0.29, 0.717) is 25.9 Å². The molecule has 1 aliphatic heterocycles. The van der Waals surface area contributed by atoms with Gasteiger partial charge in [-0.05, 0) is 57.2 Å². The Balaban J connectivity index is 1.89. The normalized spacial score (nSPS) is 18.1. The van der Waals surface area contributed by atoms with Gasteiger partial charge in [-0.3, -0.25) is 0 Å². The number of aliphatic hydroxyl groups is 1. The molecule has 1 aromatic rings. The standard InChI is InChI=1S/C17H24FNO3/c1-17(2,3)22-16(21)19-10-8-13(9-11-19)15(20)12-4-6-14(18)7-5-12/h4-7,13,15,20H,8-11H2,1-3H3. The van der Waals surface area contributed by atoms with E-state index in [1.54, 1.807) is 17.0 Å². The van der Waals surface area contributed by atoms with Crippen molar-refractivity contribution in [2.75, 3.05) is 13.1 Å². The molecule has 1 unspecified atom stereocenters. The zero-order valence-corrected chi connectivity index (χ0v) is 13.4. The summed E-state index contributed by atoms with van der Waals surface area (Å²) in [6.07, 6.45) is 0.485. The first-order valence-electron chi connectivity index (χ1n) is 7.68. The summed E-state index contributed by atoms with van der Waals surface area (Å²) in [6.45, 7) is 6.66. The lowest BCUT2D eigenvalue weighted by Crippen LogP contribution is -2.42. The molecular formula is C17H24FNO3. The van der Waals surface area contributed by atoms with Crippen LogP contribution in [-0.2, 0) is 4.74 Å². The SMILES string of the molecule is CC(C)(C)OC(=O)N1CCC(C(O)c2ccc(F)cc2)CC1. The summed E-state index contributed by atoms with van der Waals surface area (Å²) in [5.41, 5.74) is 0.221. The number of carbonyl (C=O) groups excluding carboxylic acids is 1. The molecule has 122 valence electrons. The molecule has 0 spiro atoms. The van der Waals surface area contributed by atoms with Crippen molar-refractivity contribution in [1.82, 2.24) is 4.90 Å². The largest absolute Gasteiger partial charge is 0.444 e. The van der Waals surface area contributed by atoms with E-state index in [1.165, 1.54) is 12.1 Å². The molecule has 0 radical (unpaired) electrons. The maximum atomic E-state index is 12.9. The van der Waals surface area contributed by atoms with Crippen molar-refractivity contribution in [3.05, 3.63) is 35.6 Å². The van der Waals surface area contributed by atoms with Crippen molar-refractivity contribution in [3.63, 3.8) is 0 Å². The van der Waals surface area contributed by atoms with Gasteiger partial charge in [0.1, 0.15) is 11.4 Å². The number of nitrogens with zero attached hydrogens (tertiary/aromatic N) is 1. The minimum atomic E-state index is -0.624. The van der Waals surface area contributed by atoms with E-state index in [4.69, 9.17) is 4.74 Å². The van der Waals surface area contributed by atoms with E-state index in [1.807, 2.05) is 20.8 Å². The Morgan fingerprint density at radius 2 is 1.82 bits per heavy atom. The Morgan fingerprint density at radius 3 is 2.32 bits per heavy atom. The predicted octanol–water partition coefficient (Wildman–Crippen LogP) is 3.51. The van der Waals surface area contributed by atoms with Crippen molar-refractivity contribution < 1.29 is 19.0 Å². The van der Waals surface area contributed by atoms with Gasteiger partial charge in [0.15, 0.2) is 0 Å². The topological polar surface area (TPSA) is 49.8 Å². The predicted molar refractivity (Wildman–Crippen MR) is 81.9 cm³/mol. The van der Waals surface area contributed by atoms with Gasteiger partial charge in [-0.25, -0.2) is 9.18 Å². The molecule has 22 heavy (non-hydrogen) atoms. The highest BCUT2D eigenvalue weighted by atomic mass is 19.1. The van der Waals surface area contributed by atoms with Gasteiger partial charge in [0.25, 0.3) is 0 Å². The molecule has 1 amide bonds. The van der Waals surface area contributed by atoms with Crippen LogP contribution in [0, 0.1) is 11.7 Å². The fraction of sp³-hybridized carbons (Fsp3) is 0.588. The number of ether oxygens (including phenoxy) is 1. The Morgan fingerprint density at radius 1 is 1.27 bits per heavy atom. The number of hydrogen-bond acceptors (Lipinski definition) is 3. The molecule has 0 bridgehead atoms. The highest BCUT2D eigenvalue weighted by Crippen LogP contribution is 2.31.